The van der Waals surface area contributed by atoms with Gasteiger partial charge in [0.2, 0.25) is 11.8 Å². The minimum Gasteiger partial charge on any atom is -0.355 e. The Morgan fingerprint density at radius 3 is 3.05 bits per heavy atom. The van der Waals surface area contributed by atoms with Crippen molar-refractivity contribution in [1.82, 2.24) is 5.32 Å². The summed E-state index contributed by atoms with van der Waals surface area (Å²) in [5, 5.41) is 5.54. The highest BCUT2D eigenvalue weighted by Gasteiger charge is 2.13. The molecule has 0 unspecified atom stereocenters. The van der Waals surface area contributed by atoms with Crippen molar-refractivity contribution in [2.45, 2.75) is 26.2 Å². The lowest BCUT2D eigenvalue weighted by atomic mass is 10.0. The van der Waals surface area contributed by atoms with Crippen molar-refractivity contribution in [1.29, 1.82) is 0 Å². The molecule has 0 atom stereocenters. The molecule has 1 aliphatic heterocycles. The maximum absolute atomic E-state index is 11.2. The van der Waals surface area contributed by atoms with Crippen LogP contribution in [0.3, 0.4) is 0 Å². The van der Waals surface area contributed by atoms with Crippen LogP contribution in [0.2, 0.25) is 0 Å². The zero-order valence-corrected chi connectivity index (χ0v) is 10.9. The summed E-state index contributed by atoms with van der Waals surface area (Å²) >= 11 is 0. The lowest BCUT2D eigenvalue weighted by Gasteiger charge is -2.16. The second-order valence-electron chi connectivity index (χ2n) is 4.45. The minimum absolute atomic E-state index is 0.0358. The van der Waals surface area contributed by atoms with Crippen molar-refractivity contribution in [3.8, 4) is 11.8 Å². The largest absolute Gasteiger partial charge is 0.355 e. The molecule has 1 heterocycles. The first-order valence-electron chi connectivity index (χ1n) is 6.31. The predicted molar refractivity (Wildman–Crippen MR) is 73.6 cm³/mol. The van der Waals surface area contributed by atoms with Crippen LogP contribution in [0.1, 0.15) is 30.9 Å². The van der Waals surface area contributed by atoms with Crippen LogP contribution in [0.5, 0.6) is 0 Å². The fourth-order valence-electron chi connectivity index (χ4n) is 1.93. The van der Waals surface area contributed by atoms with Crippen molar-refractivity contribution in [2.75, 3.05) is 11.9 Å². The van der Waals surface area contributed by atoms with E-state index in [1.165, 1.54) is 6.92 Å². The third kappa shape index (κ3) is 3.85. The monoisotopic (exact) mass is 256 g/mol. The van der Waals surface area contributed by atoms with Crippen molar-refractivity contribution < 1.29 is 9.59 Å². The van der Waals surface area contributed by atoms with Gasteiger partial charge in [-0.2, -0.15) is 0 Å². The summed E-state index contributed by atoms with van der Waals surface area (Å²) in [5.41, 5.74) is 2.96. The van der Waals surface area contributed by atoms with Crippen LogP contribution in [-0.2, 0) is 16.0 Å². The molecule has 0 aliphatic carbocycles. The van der Waals surface area contributed by atoms with Gasteiger partial charge in [0.15, 0.2) is 0 Å². The second kappa shape index (κ2) is 6.05. The fraction of sp³-hybridized carbons (Fsp3) is 0.333. The van der Waals surface area contributed by atoms with Crippen LogP contribution < -0.4 is 10.6 Å². The van der Waals surface area contributed by atoms with E-state index >= 15 is 0 Å². The lowest BCUT2D eigenvalue weighted by Crippen LogP contribution is -2.20. The molecule has 98 valence electrons. The molecule has 0 spiro atoms. The molecular formula is C15H16N2O2. The van der Waals surface area contributed by atoms with Gasteiger partial charge in [-0.15, -0.1) is 0 Å². The number of hydrogen-bond donors (Lipinski definition) is 2. The molecule has 0 bridgehead atoms. The third-order valence-electron chi connectivity index (χ3n) is 2.86. The zero-order chi connectivity index (χ0) is 13.7. The molecule has 0 fully saturated rings. The molecule has 2 N–H and O–H groups in total. The summed E-state index contributed by atoms with van der Waals surface area (Å²) in [5.74, 6) is 6.12. The van der Waals surface area contributed by atoms with Crippen molar-refractivity contribution >= 4 is 17.5 Å². The van der Waals surface area contributed by atoms with E-state index in [1.807, 2.05) is 18.2 Å². The van der Waals surface area contributed by atoms with E-state index in [1.54, 1.807) is 0 Å². The first-order chi connectivity index (χ1) is 9.15. The standard InChI is InChI=1S/C15H16N2O2/c1-11(18)16-9-3-2-4-12-5-7-14-13(10-12)6-8-15(19)17-14/h5,7,10H,3,6,8-9H2,1H3,(H,16,18)(H,17,19). The number of anilines is 1. The highest BCUT2D eigenvalue weighted by atomic mass is 16.2. The minimum atomic E-state index is -0.0358. The molecule has 1 aromatic carbocycles. The number of carbonyl (C=O) groups excluding carboxylic acids is 2. The van der Waals surface area contributed by atoms with E-state index in [0.29, 0.717) is 19.4 Å². The number of benzene rings is 1. The molecule has 4 nitrogen and oxygen atoms in total. The maximum atomic E-state index is 11.2. The van der Waals surface area contributed by atoms with Crippen LogP contribution in [-0.4, -0.2) is 18.4 Å². The number of amides is 2. The number of aryl methyl sites for hydroxylation is 1. The molecule has 1 aromatic rings. The number of nitrogens with one attached hydrogen (secondary N) is 2. The van der Waals surface area contributed by atoms with Crippen molar-refractivity contribution in [2.24, 2.45) is 0 Å². The van der Waals surface area contributed by atoms with E-state index in [4.69, 9.17) is 0 Å². The smallest absolute Gasteiger partial charge is 0.224 e. The first kappa shape index (κ1) is 13.2. The maximum Gasteiger partial charge on any atom is 0.224 e. The fourth-order valence-corrected chi connectivity index (χ4v) is 1.93. The third-order valence-corrected chi connectivity index (χ3v) is 2.86. The number of rotatable bonds is 2. The lowest BCUT2D eigenvalue weighted by molar-refractivity contribution is -0.119. The zero-order valence-electron chi connectivity index (χ0n) is 10.9. The molecule has 2 amide bonds. The molecule has 0 saturated carbocycles. The Balaban J connectivity index is 1.97. The molecule has 1 aliphatic rings. The Morgan fingerprint density at radius 2 is 2.26 bits per heavy atom. The Bertz CT molecular complexity index is 567. The predicted octanol–water partition coefficient (Wildman–Crippen LogP) is 1.45. The molecule has 19 heavy (non-hydrogen) atoms. The quantitative estimate of drug-likeness (QED) is 0.621. The highest BCUT2D eigenvalue weighted by molar-refractivity contribution is 5.93. The van der Waals surface area contributed by atoms with E-state index in [0.717, 1.165) is 23.2 Å². The van der Waals surface area contributed by atoms with Gasteiger partial charge in [0.25, 0.3) is 0 Å². The second-order valence-corrected chi connectivity index (χ2v) is 4.45. The van der Waals surface area contributed by atoms with Crippen molar-refractivity contribution in [3.63, 3.8) is 0 Å². The van der Waals surface area contributed by atoms with Gasteiger partial charge in [0.1, 0.15) is 0 Å². The van der Waals surface area contributed by atoms with Crippen LogP contribution in [0.25, 0.3) is 0 Å². The van der Waals surface area contributed by atoms with Crippen LogP contribution >= 0.6 is 0 Å². The SMILES string of the molecule is CC(=O)NCCC#Cc1ccc2c(c1)CCC(=O)N2. The van der Waals surface area contributed by atoms with Gasteiger partial charge in [-0.1, -0.05) is 11.8 Å². The Hall–Kier alpha value is -2.28. The normalized spacial score (nSPS) is 12.8. The summed E-state index contributed by atoms with van der Waals surface area (Å²) in [7, 11) is 0. The average Bonchev–Trinajstić information content (AvgIpc) is 2.38. The topological polar surface area (TPSA) is 58.2 Å². The van der Waals surface area contributed by atoms with E-state index in [-0.39, 0.29) is 11.8 Å². The molecule has 4 heteroatoms. The molecule has 0 saturated heterocycles. The summed E-state index contributed by atoms with van der Waals surface area (Å²) in [6.07, 6.45) is 1.93. The Labute approximate surface area is 112 Å². The summed E-state index contributed by atoms with van der Waals surface area (Å²) in [6.45, 7) is 2.06. The van der Waals surface area contributed by atoms with Gasteiger partial charge in [-0.3, -0.25) is 9.59 Å². The average molecular weight is 256 g/mol. The van der Waals surface area contributed by atoms with E-state index < -0.39 is 0 Å². The Morgan fingerprint density at radius 1 is 1.42 bits per heavy atom. The Kier molecular flexibility index (Phi) is 4.19. The molecule has 2 rings (SSSR count). The van der Waals surface area contributed by atoms with Gasteiger partial charge in [0, 0.05) is 37.6 Å². The van der Waals surface area contributed by atoms with E-state index in [9.17, 15) is 9.59 Å². The van der Waals surface area contributed by atoms with Gasteiger partial charge in [0.05, 0.1) is 0 Å². The van der Waals surface area contributed by atoms with Gasteiger partial charge >= 0.3 is 0 Å². The molecule has 0 aromatic heterocycles. The van der Waals surface area contributed by atoms with Crippen molar-refractivity contribution in [3.05, 3.63) is 29.3 Å². The number of fused-ring (bicyclic) bond motifs is 1. The highest BCUT2D eigenvalue weighted by Crippen LogP contribution is 2.23. The summed E-state index contributed by atoms with van der Waals surface area (Å²) < 4.78 is 0. The van der Waals surface area contributed by atoms with E-state index in [2.05, 4.69) is 22.5 Å². The first-order valence-corrected chi connectivity index (χ1v) is 6.31. The molecular weight excluding hydrogens is 240 g/mol. The number of hydrogen-bond acceptors (Lipinski definition) is 2. The van der Waals surface area contributed by atoms with Gasteiger partial charge < -0.3 is 10.6 Å². The van der Waals surface area contributed by atoms with Crippen LogP contribution in [0, 0.1) is 11.8 Å². The molecule has 0 radical (unpaired) electrons. The van der Waals surface area contributed by atoms with Crippen LogP contribution in [0.4, 0.5) is 5.69 Å². The summed E-state index contributed by atoms with van der Waals surface area (Å²) in [6, 6.07) is 5.81. The number of carbonyl (C=O) groups is 2. The van der Waals surface area contributed by atoms with Crippen LogP contribution in [0.15, 0.2) is 18.2 Å². The van der Waals surface area contributed by atoms with Gasteiger partial charge in [-0.05, 0) is 30.2 Å². The summed E-state index contributed by atoms with van der Waals surface area (Å²) in [4.78, 5) is 21.9. The van der Waals surface area contributed by atoms with Gasteiger partial charge in [-0.25, -0.2) is 0 Å².